The van der Waals surface area contributed by atoms with Crippen LogP contribution in [0, 0.1) is 5.82 Å². The Balaban J connectivity index is 1.99. The van der Waals surface area contributed by atoms with Gasteiger partial charge in [-0.3, -0.25) is 4.79 Å². The first-order valence-electron chi connectivity index (χ1n) is 6.88. The van der Waals surface area contributed by atoms with E-state index in [2.05, 4.69) is 0 Å². The molecule has 19 heavy (non-hydrogen) atoms. The van der Waals surface area contributed by atoms with Crippen LogP contribution in [0.5, 0.6) is 0 Å². The first-order valence-corrected chi connectivity index (χ1v) is 6.88. The maximum Gasteiger partial charge on any atom is 0.228 e. The molecule has 1 aliphatic heterocycles. The summed E-state index contributed by atoms with van der Waals surface area (Å²) in [6, 6.07) is 4.86. The van der Waals surface area contributed by atoms with Gasteiger partial charge in [0.05, 0.1) is 5.69 Å². The molecule has 3 rings (SSSR count). The lowest BCUT2D eigenvalue weighted by atomic mass is 9.65. The third-order valence-corrected chi connectivity index (χ3v) is 4.38. The van der Waals surface area contributed by atoms with Crippen LogP contribution in [0.4, 0.5) is 10.1 Å². The number of fused-ring (bicyclic) bond motifs is 2. The van der Waals surface area contributed by atoms with Crippen molar-refractivity contribution < 1.29 is 9.18 Å². The van der Waals surface area contributed by atoms with Gasteiger partial charge in [0.25, 0.3) is 0 Å². The molecule has 1 aromatic carbocycles. The van der Waals surface area contributed by atoms with Crippen LogP contribution < -0.4 is 10.6 Å². The van der Waals surface area contributed by atoms with E-state index in [0.717, 1.165) is 30.5 Å². The van der Waals surface area contributed by atoms with Gasteiger partial charge in [0.15, 0.2) is 0 Å². The summed E-state index contributed by atoms with van der Waals surface area (Å²) in [4.78, 5) is 14.0. The van der Waals surface area contributed by atoms with Crippen molar-refractivity contribution in [3.63, 3.8) is 0 Å². The lowest BCUT2D eigenvalue weighted by Gasteiger charge is -2.39. The fourth-order valence-corrected chi connectivity index (χ4v) is 3.35. The van der Waals surface area contributed by atoms with Gasteiger partial charge in [-0.1, -0.05) is 12.5 Å². The van der Waals surface area contributed by atoms with E-state index in [1.54, 1.807) is 11.0 Å². The highest BCUT2D eigenvalue weighted by Crippen LogP contribution is 2.53. The maximum atomic E-state index is 14.1. The molecule has 4 heteroatoms. The molecule has 1 aromatic rings. The highest BCUT2D eigenvalue weighted by molar-refractivity contribution is 5.96. The van der Waals surface area contributed by atoms with Gasteiger partial charge in [0.1, 0.15) is 5.82 Å². The van der Waals surface area contributed by atoms with E-state index in [4.69, 9.17) is 5.73 Å². The summed E-state index contributed by atoms with van der Waals surface area (Å²) < 4.78 is 14.1. The minimum atomic E-state index is -0.173. The molecule has 1 saturated carbocycles. The molecule has 3 nitrogen and oxygen atoms in total. The Morgan fingerprint density at radius 2 is 2.26 bits per heavy atom. The van der Waals surface area contributed by atoms with Gasteiger partial charge in [-0.05, 0) is 31.9 Å². The number of carbonyl (C=O) groups is 1. The summed E-state index contributed by atoms with van der Waals surface area (Å²) in [7, 11) is 0. The predicted molar refractivity (Wildman–Crippen MR) is 72.5 cm³/mol. The molecule has 1 amide bonds. The van der Waals surface area contributed by atoms with Gasteiger partial charge in [-0.2, -0.15) is 0 Å². The second-order valence-corrected chi connectivity index (χ2v) is 5.93. The summed E-state index contributed by atoms with van der Waals surface area (Å²) in [5.41, 5.74) is 7.08. The van der Waals surface area contributed by atoms with Crippen LogP contribution >= 0.6 is 0 Å². The lowest BCUT2D eigenvalue weighted by Crippen LogP contribution is -2.42. The summed E-state index contributed by atoms with van der Waals surface area (Å²) in [6.07, 6.45) is 3.38. The standard InChI is InChI=1S/C15H19FN2O/c1-10(17)8-13(19)18-9-15(6-3-7-15)14-11(16)4-2-5-12(14)18/h2,4-5,10H,3,6-9,17H2,1H3. The number of nitrogens with two attached hydrogens (primary N) is 1. The Hall–Kier alpha value is -1.42. The van der Waals surface area contributed by atoms with Gasteiger partial charge in [-0.15, -0.1) is 0 Å². The Bertz CT molecular complexity index is 523. The molecule has 0 saturated heterocycles. The number of hydrogen-bond donors (Lipinski definition) is 1. The first kappa shape index (κ1) is 12.6. The van der Waals surface area contributed by atoms with E-state index in [9.17, 15) is 9.18 Å². The van der Waals surface area contributed by atoms with Crippen LogP contribution in [0.15, 0.2) is 18.2 Å². The Morgan fingerprint density at radius 3 is 2.84 bits per heavy atom. The predicted octanol–water partition coefficient (Wildman–Crippen LogP) is 2.33. The monoisotopic (exact) mass is 262 g/mol. The SMILES string of the molecule is CC(N)CC(=O)N1CC2(CCC2)c2c(F)cccc21. The molecule has 2 aliphatic rings. The number of hydrogen-bond acceptors (Lipinski definition) is 2. The van der Waals surface area contributed by atoms with Crippen molar-refractivity contribution in [3.8, 4) is 0 Å². The Kier molecular flexibility index (Phi) is 2.86. The van der Waals surface area contributed by atoms with Crippen LogP contribution in [-0.2, 0) is 10.2 Å². The Labute approximate surface area is 112 Å². The lowest BCUT2D eigenvalue weighted by molar-refractivity contribution is -0.119. The fourth-order valence-electron chi connectivity index (χ4n) is 3.35. The van der Waals surface area contributed by atoms with Crippen molar-refractivity contribution in [3.05, 3.63) is 29.6 Å². The zero-order valence-electron chi connectivity index (χ0n) is 11.2. The molecule has 2 N–H and O–H groups in total. The molecule has 1 atom stereocenters. The third kappa shape index (κ3) is 1.86. The number of benzene rings is 1. The molecule has 1 heterocycles. The van der Waals surface area contributed by atoms with Crippen LogP contribution in [0.25, 0.3) is 0 Å². The summed E-state index contributed by atoms with van der Waals surface area (Å²) >= 11 is 0. The molecule has 0 aromatic heterocycles. The molecule has 0 bridgehead atoms. The smallest absolute Gasteiger partial charge is 0.228 e. The number of amides is 1. The summed E-state index contributed by atoms with van der Waals surface area (Å²) in [6.45, 7) is 2.44. The zero-order chi connectivity index (χ0) is 13.6. The largest absolute Gasteiger partial charge is 0.327 e. The second kappa shape index (κ2) is 4.30. The number of rotatable bonds is 2. The molecule has 1 spiro atoms. The van der Waals surface area contributed by atoms with Gasteiger partial charge >= 0.3 is 0 Å². The third-order valence-electron chi connectivity index (χ3n) is 4.38. The molecule has 1 fully saturated rings. The summed E-state index contributed by atoms with van der Waals surface area (Å²) in [5.74, 6) is -0.168. The van der Waals surface area contributed by atoms with E-state index in [1.165, 1.54) is 6.07 Å². The number of halogens is 1. The molecular weight excluding hydrogens is 243 g/mol. The summed E-state index contributed by atoms with van der Waals surface area (Å²) in [5, 5.41) is 0. The fraction of sp³-hybridized carbons (Fsp3) is 0.533. The zero-order valence-corrected chi connectivity index (χ0v) is 11.2. The van der Waals surface area contributed by atoms with Crippen molar-refractivity contribution in [2.75, 3.05) is 11.4 Å². The van der Waals surface area contributed by atoms with E-state index in [0.29, 0.717) is 13.0 Å². The van der Waals surface area contributed by atoms with Gasteiger partial charge in [0, 0.05) is 30.0 Å². The van der Waals surface area contributed by atoms with Gasteiger partial charge in [-0.25, -0.2) is 4.39 Å². The minimum absolute atomic E-state index is 0.00521. The number of anilines is 1. The van der Waals surface area contributed by atoms with Crippen molar-refractivity contribution in [1.82, 2.24) is 0 Å². The van der Waals surface area contributed by atoms with Crippen LogP contribution in [0.1, 0.15) is 38.2 Å². The van der Waals surface area contributed by atoms with E-state index in [-0.39, 0.29) is 23.2 Å². The molecule has 102 valence electrons. The molecule has 1 aliphatic carbocycles. The number of nitrogens with zero attached hydrogens (tertiary/aromatic N) is 1. The van der Waals surface area contributed by atoms with E-state index in [1.807, 2.05) is 13.0 Å². The number of carbonyl (C=O) groups excluding carboxylic acids is 1. The second-order valence-electron chi connectivity index (χ2n) is 5.93. The van der Waals surface area contributed by atoms with Crippen molar-refractivity contribution in [2.45, 2.75) is 44.1 Å². The minimum Gasteiger partial charge on any atom is -0.327 e. The molecular formula is C15H19FN2O. The van der Waals surface area contributed by atoms with Crippen molar-refractivity contribution in [2.24, 2.45) is 5.73 Å². The topological polar surface area (TPSA) is 46.3 Å². The normalized spacial score (nSPS) is 21.1. The van der Waals surface area contributed by atoms with Crippen molar-refractivity contribution in [1.29, 1.82) is 0 Å². The van der Waals surface area contributed by atoms with E-state index >= 15 is 0 Å². The van der Waals surface area contributed by atoms with E-state index < -0.39 is 0 Å². The van der Waals surface area contributed by atoms with Crippen molar-refractivity contribution >= 4 is 11.6 Å². The first-order chi connectivity index (χ1) is 9.03. The molecule has 1 unspecified atom stereocenters. The highest BCUT2D eigenvalue weighted by Gasteiger charge is 2.49. The Morgan fingerprint density at radius 1 is 1.53 bits per heavy atom. The highest BCUT2D eigenvalue weighted by atomic mass is 19.1. The maximum absolute atomic E-state index is 14.1. The van der Waals surface area contributed by atoms with Crippen LogP contribution in [0.2, 0.25) is 0 Å². The average Bonchev–Trinajstić information content (AvgIpc) is 2.64. The van der Waals surface area contributed by atoms with Gasteiger partial charge in [0.2, 0.25) is 5.91 Å². The van der Waals surface area contributed by atoms with Crippen LogP contribution in [0.3, 0.4) is 0 Å². The van der Waals surface area contributed by atoms with Crippen LogP contribution in [-0.4, -0.2) is 18.5 Å². The average molecular weight is 262 g/mol. The van der Waals surface area contributed by atoms with Gasteiger partial charge < -0.3 is 10.6 Å². The quantitative estimate of drug-likeness (QED) is 0.889. The molecule has 0 radical (unpaired) electrons.